The zero-order valence-electron chi connectivity index (χ0n) is 16.7. The summed E-state index contributed by atoms with van der Waals surface area (Å²) in [6.45, 7) is 0.353. The van der Waals surface area contributed by atoms with Crippen LogP contribution in [0.3, 0.4) is 0 Å². The highest BCUT2D eigenvalue weighted by Gasteiger charge is 2.48. The summed E-state index contributed by atoms with van der Waals surface area (Å²) in [4.78, 5) is 16.6. The summed E-state index contributed by atoms with van der Waals surface area (Å²) in [7, 11) is -1.67. The second-order valence-corrected chi connectivity index (χ2v) is 8.53. The highest BCUT2D eigenvalue weighted by molar-refractivity contribution is 6.43. The molecule has 0 aromatic heterocycles. The SMILES string of the molecule is NC(N)=NCCCC(NC(=O)c1cccc(C23CCC(O)(CC2)CC3)c1)B(O)O. The van der Waals surface area contributed by atoms with Crippen LogP contribution >= 0.6 is 0 Å². The number of benzene rings is 1. The fraction of sp³-hybridized carbons (Fsp3) is 0.600. The molecule has 158 valence electrons. The Morgan fingerprint density at radius 3 is 2.41 bits per heavy atom. The van der Waals surface area contributed by atoms with Crippen LogP contribution < -0.4 is 16.8 Å². The monoisotopic (exact) mass is 402 g/mol. The van der Waals surface area contributed by atoms with E-state index in [1.807, 2.05) is 12.1 Å². The van der Waals surface area contributed by atoms with Crippen LogP contribution in [0.25, 0.3) is 0 Å². The van der Waals surface area contributed by atoms with E-state index in [0.717, 1.165) is 44.1 Å². The van der Waals surface area contributed by atoms with E-state index in [1.54, 1.807) is 6.07 Å². The maximum Gasteiger partial charge on any atom is 0.475 e. The maximum absolute atomic E-state index is 12.7. The smallest absolute Gasteiger partial charge is 0.426 e. The molecule has 4 rings (SSSR count). The lowest BCUT2D eigenvalue weighted by Crippen LogP contribution is -2.48. The van der Waals surface area contributed by atoms with Gasteiger partial charge in [0.15, 0.2) is 5.96 Å². The molecule has 0 spiro atoms. The molecule has 3 aliphatic carbocycles. The predicted octanol–water partition coefficient (Wildman–Crippen LogP) is 0.187. The van der Waals surface area contributed by atoms with Crippen LogP contribution in [0.5, 0.6) is 0 Å². The fourth-order valence-electron chi connectivity index (χ4n) is 4.66. The van der Waals surface area contributed by atoms with Crippen molar-refractivity contribution >= 4 is 19.0 Å². The number of carbonyl (C=O) groups excluding carboxylic acids is 1. The van der Waals surface area contributed by atoms with Gasteiger partial charge in [0, 0.05) is 12.1 Å². The van der Waals surface area contributed by atoms with E-state index in [-0.39, 0.29) is 17.3 Å². The zero-order chi connectivity index (χ0) is 21.1. The van der Waals surface area contributed by atoms with Gasteiger partial charge in [-0.3, -0.25) is 9.79 Å². The topological polar surface area (TPSA) is 154 Å². The van der Waals surface area contributed by atoms with Crippen LogP contribution in [-0.4, -0.2) is 52.2 Å². The number of hydrogen-bond donors (Lipinski definition) is 6. The number of guanidine groups is 1. The molecule has 3 saturated carbocycles. The normalized spacial score (nSPS) is 26.6. The van der Waals surface area contributed by atoms with Gasteiger partial charge in [-0.25, -0.2) is 0 Å². The second-order valence-electron chi connectivity index (χ2n) is 8.53. The number of aliphatic imine (C=N–C) groups is 1. The Kier molecular flexibility index (Phi) is 6.50. The summed E-state index contributed by atoms with van der Waals surface area (Å²) in [5.74, 6) is -1.17. The molecule has 29 heavy (non-hydrogen) atoms. The molecule has 1 amide bonds. The van der Waals surface area contributed by atoms with Gasteiger partial charge in [-0.15, -0.1) is 0 Å². The molecule has 0 radical (unpaired) electrons. The van der Waals surface area contributed by atoms with Crippen molar-refractivity contribution in [3.8, 4) is 0 Å². The lowest BCUT2D eigenvalue weighted by atomic mass is 9.56. The van der Waals surface area contributed by atoms with Gasteiger partial charge in [-0.1, -0.05) is 12.1 Å². The molecule has 1 aromatic rings. The molecule has 3 aliphatic rings. The summed E-state index contributed by atoms with van der Waals surface area (Å²) in [6.07, 6.45) is 6.04. The van der Waals surface area contributed by atoms with Crippen molar-refractivity contribution < 1.29 is 19.9 Å². The Morgan fingerprint density at radius 1 is 1.17 bits per heavy atom. The van der Waals surface area contributed by atoms with Crippen molar-refractivity contribution in [1.29, 1.82) is 0 Å². The van der Waals surface area contributed by atoms with Crippen molar-refractivity contribution in [3.63, 3.8) is 0 Å². The van der Waals surface area contributed by atoms with Gasteiger partial charge in [-0.2, -0.15) is 0 Å². The third-order valence-electron chi connectivity index (χ3n) is 6.59. The highest BCUT2D eigenvalue weighted by Crippen LogP contribution is 2.53. The number of nitrogens with two attached hydrogens (primary N) is 2. The number of nitrogens with zero attached hydrogens (tertiary/aromatic N) is 1. The first-order valence-electron chi connectivity index (χ1n) is 10.3. The van der Waals surface area contributed by atoms with Crippen molar-refractivity contribution in [1.82, 2.24) is 5.32 Å². The van der Waals surface area contributed by atoms with Gasteiger partial charge in [0.1, 0.15) is 0 Å². The van der Waals surface area contributed by atoms with Crippen LogP contribution in [-0.2, 0) is 5.41 Å². The molecule has 3 fully saturated rings. The number of rotatable bonds is 8. The molecule has 0 aliphatic heterocycles. The molecule has 1 unspecified atom stereocenters. The van der Waals surface area contributed by atoms with Crippen molar-refractivity contribution in [2.24, 2.45) is 16.5 Å². The second kappa shape index (κ2) is 8.73. The molecule has 0 heterocycles. The average Bonchev–Trinajstić information content (AvgIpc) is 2.70. The number of amides is 1. The summed E-state index contributed by atoms with van der Waals surface area (Å²) in [5, 5.41) is 32.4. The van der Waals surface area contributed by atoms with E-state index < -0.39 is 18.7 Å². The van der Waals surface area contributed by atoms with E-state index >= 15 is 0 Å². The van der Waals surface area contributed by atoms with Crippen LogP contribution in [0.15, 0.2) is 29.3 Å². The van der Waals surface area contributed by atoms with Crippen molar-refractivity contribution in [2.45, 2.75) is 68.3 Å². The average molecular weight is 402 g/mol. The number of aliphatic hydroxyl groups is 1. The van der Waals surface area contributed by atoms with Crippen LogP contribution in [0.2, 0.25) is 0 Å². The van der Waals surface area contributed by atoms with E-state index in [4.69, 9.17) is 11.5 Å². The van der Waals surface area contributed by atoms with Crippen LogP contribution in [0.4, 0.5) is 0 Å². The van der Waals surface area contributed by atoms with Crippen LogP contribution in [0.1, 0.15) is 67.3 Å². The third kappa shape index (κ3) is 5.09. The highest BCUT2D eigenvalue weighted by atomic mass is 16.4. The molecule has 8 nitrogen and oxygen atoms in total. The standard InChI is InChI=1S/C20H31BN4O4/c22-18(23)24-12-2-5-16(21(28)29)25-17(26)14-3-1-4-15(13-14)19-6-9-20(27,10-7-19)11-8-19/h1,3-4,13,16,27-29H,2,5-12H2,(H,25,26)(H4,22,23,24). The molecule has 8 N–H and O–H groups in total. The molecular weight excluding hydrogens is 371 g/mol. The number of hydrogen-bond acceptors (Lipinski definition) is 5. The van der Waals surface area contributed by atoms with Gasteiger partial charge in [0.2, 0.25) is 0 Å². The first-order chi connectivity index (χ1) is 13.7. The predicted molar refractivity (Wildman–Crippen MR) is 112 cm³/mol. The van der Waals surface area contributed by atoms with E-state index in [0.29, 0.717) is 24.9 Å². The molecule has 9 heteroatoms. The first-order valence-corrected chi connectivity index (χ1v) is 10.3. The summed E-state index contributed by atoms with van der Waals surface area (Å²) < 4.78 is 0. The lowest BCUT2D eigenvalue weighted by Gasteiger charge is -2.51. The van der Waals surface area contributed by atoms with Gasteiger partial charge in [-0.05, 0) is 74.5 Å². The number of fused-ring (bicyclic) bond motifs is 3. The summed E-state index contributed by atoms with van der Waals surface area (Å²) in [5.41, 5.74) is 11.7. The van der Waals surface area contributed by atoms with Gasteiger partial charge in [0.05, 0.1) is 11.5 Å². The quantitative estimate of drug-likeness (QED) is 0.158. The van der Waals surface area contributed by atoms with Crippen molar-refractivity contribution in [3.05, 3.63) is 35.4 Å². The minimum atomic E-state index is -1.67. The van der Waals surface area contributed by atoms with E-state index in [1.165, 1.54) is 0 Å². The van der Waals surface area contributed by atoms with Gasteiger partial charge in [0.25, 0.3) is 5.91 Å². The van der Waals surface area contributed by atoms with E-state index in [9.17, 15) is 19.9 Å². The molecule has 0 saturated heterocycles. The first kappa shape index (κ1) is 21.6. The molecular formula is C20H31BN4O4. The van der Waals surface area contributed by atoms with Gasteiger partial charge < -0.3 is 31.9 Å². The lowest BCUT2D eigenvalue weighted by molar-refractivity contribution is -0.0660. The van der Waals surface area contributed by atoms with Crippen molar-refractivity contribution in [2.75, 3.05) is 6.54 Å². The Labute approximate surface area is 171 Å². The summed E-state index contributed by atoms with van der Waals surface area (Å²) in [6, 6.07) is 7.57. The largest absolute Gasteiger partial charge is 0.475 e. The Morgan fingerprint density at radius 2 is 1.83 bits per heavy atom. The van der Waals surface area contributed by atoms with Gasteiger partial charge >= 0.3 is 7.12 Å². The minimum Gasteiger partial charge on any atom is -0.426 e. The number of carbonyl (C=O) groups is 1. The maximum atomic E-state index is 12.7. The Balaban J connectivity index is 1.66. The Bertz CT molecular complexity index is 742. The molecule has 1 aromatic carbocycles. The number of nitrogens with one attached hydrogen (secondary N) is 1. The van der Waals surface area contributed by atoms with Crippen LogP contribution in [0, 0.1) is 0 Å². The summed E-state index contributed by atoms with van der Waals surface area (Å²) >= 11 is 0. The zero-order valence-corrected chi connectivity index (χ0v) is 16.7. The minimum absolute atomic E-state index is 0.0183. The Hall–Kier alpha value is -2.10. The molecule has 2 bridgehead atoms. The van der Waals surface area contributed by atoms with E-state index in [2.05, 4.69) is 16.4 Å². The third-order valence-corrected chi connectivity index (χ3v) is 6.59. The fourth-order valence-corrected chi connectivity index (χ4v) is 4.66. The molecule has 1 atom stereocenters.